The number of rotatable bonds is 4. The van der Waals surface area contributed by atoms with Crippen molar-refractivity contribution in [2.45, 2.75) is 16.7 Å². The van der Waals surface area contributed by atoms with Gasteiger partial charge in [0.1, 0.15) is 0 Å². The molecule has 1 unspecified atom stereocenters. The van der Waals surface area contributed by atoms with E-state index in [4.69, 9.17) is 18.0 Å². The molecule has 110 valence electrons. The minimum Gasteiger partial charge on any atom is -0.232 e. The second-order valence-electron chi connectivity index (χ2n) is 4.24. The Labute approximate surface area is 126 Å². The molecule has 2 rings (SSSR count). The third-order valence-corrected chi connectivity index (χ3v) is 8.08. The average Bonchev–Trinajstić information content (AvgIpc) is 2.92. The van der Waals surface area contributed by atoms with Crippen LogP contribution in [0, 0.1) is 12.3 Å². The number of nitrogens with zero attached hydrogens (tertiary/aromatic N) is 2. The molecule has 1 atom stereocenters. The van der Waals surface area contributed by atoms with Crippen molar-refractivity contribution in [3.63, 3.8) is 0 Å². The van der Waals surface area contributed by atoms with Gasteiger partial charge in [0.05, 0.1) is 24.2 Å². The summed E-state index contributed by atoms with van der Waals surface area (Å²) in [6.07, 6.45) is 6.59. The summed E-state index contributed by atoms with van der Waals surface area (Å²) >= 11 is 6.46. The van der Waals surface area contributed by atoms with Gasteiger partial charge in [-0.1, -0.05) is 28.9 Å². The maximum atomic E-state index is 12.5. The van der Waals surface area contributed by atoms with Gasteiger partial charge in [-0.05, 0) is 6.42 Å². The standard InChI is InChI=1S/C10H11ClN2O4S3/c1-2-4-13(8-3-5-19(14,15)7-8)20(16,17)9-6-12-10(11)18-9/h1,6,8H,3-5,7H2. The molecule has 0 saturated carbocycles. The van der Waals surface area contributed by atoms with Gasteiger partial charge >= 0.3 is 0 Å². The van der Waals surface area contributed by atoms with Crippen LogP contribution < -0.4 is 0 Å². The lowest BCUT2D eigenvalue weighted by Crippen LogP contribution is -2.41. The van der Waals surface area contributed by atoms with Crippen molar-refractivity contribution in [3.8, 4) is 12.3 Å². The lowest BCUT2D eigenvalue weighted by Gasteiger charge is -2.24. The minimum atomic E-state index is -3.88. The van der Waals surface area contributed by atoms with Gasteiger partial charge in [0.2, 0.25) is 0 Å². The second kappa shape index (κ2) is 5.61. The molecule has 6 nitrogen and oxygen atoms in total. The molecule has 20 heavy (non-hydrogen) atoms. The van der Waals surface area contributed by atoms with E-state index < -0.39 is 25.9 Å². The number of sulfonamides is 1. The third-order valence-electron chi connectivity index (χ3n) is 2.88. The van der Waals surface area contributed by atoms with E-state index in [0.29, 0.717) is 0 Å². The monoisotopic (exact) mass is 354 g/mol. The third kappa shape index (κ3) is 3.15. The van der Waals surface area contributed by atoms with Gasteiger partial charge < -0.3 is 0 Å². The zero-order valence-corrected chi connectivity index (χ0v) is 13.4. The quantitative estimate of drug-likeness (QED) is 0.739. The predicted molar refractivity (Wildman–Crippen MR) is 76.9 cm³/mol. The first-order chi connectivity index (χ1) is 9.26. The molecule has 2 heterocycles. The normalized spacial score (nSPS) is 21.9. The smallest absolute Gasteiger partial charge is 0.232 e. The molecule has 0 radical (unpaired) electrons. The fraction of sp³-hybridized carbons (Fsp3) is 0.500. The molecule has 1 aromatic rings. The molecular formula is C10H11ClN2O4S3. The Morgan fingerprint density at radius 2 is 2.30 bits per heavy atom. The molecule has 1 aliphatic heterocycles. The largest absolute Gasteiger partial charge is 0.255 e. The first kappa shape index (κ1) is 15.7. The molecule has 1 saturated heterocycles. The van der Waals surface area contributed by atoms with Gasteiger partial charge in [-0.25, -0.2) is 21.8 Å². The van der Waals surface area contributed by atoms with Crippen LogP contribution >= 0.6 is 22.9 Å². The molecular weight excluding hydrogens is 344 g/mol. The van der Waals surface area contributed by atoms with Crippen LogP contribution in [0.25, 0.3) is 0 Å². The fourth-order valence-corrected chi connectivity index (χ4v) is 6.79. The second-order valence-corrected chi connectivity index (χ2v) is 10.2. The Hall–Kier alpha value is -0.660. The van der Waals surface area contributed by atoms with Gasteiger partial charge in [-0.2, -0.15) is 4.31 Å². The van der Waals surface area contributed by atoms with E-state index in [1.165, 1.54) is 0 Å². The van der Waals surface area contributed by atoms with Crippen LogP contribution in [0.15, 0.2) is 10.4 Å². The molecule has 10 heteroatoms. The molecule has 0 N–H and O–H groups in total. The number of aromatic nitrogens is 1. The van der Waals surface area contributed by atoms with Crippen LogP contribution in [0.2, 0.25) is 4.47 Å². The Kier molecular flexibility index (Phi) is 4.41. The van der Waals surface area contributed by atoms with E-state index in [1.807, 2.05) is 0 Å². The summed E-state index contributed by atoms with van der Waals surface area (Å²) in [5, 5.41) is 0. The topological polar surface area (TPSA) is 84.4 Å². The van der Waals surface area contributed by atoms with Gasteiger partial charge in [0, 0.05) is 6.04 Å². The van der Waals surface area contributed by atoms with E-state index in [9.17, 15) is 16.8 Å². The van der Waals surface area contributed by atoms with E-state index in [-0.39, 0.29) is 33.1 Å². The lowest BCUT2D eigenvalue weighted by atomic mass is 10.3. The zero-order chi connectivity index (χ0) is 15.0. The van der Waals surface area contributed by atoms with Crippen molar-refractivity contribution in [2.24, 2.45) is 0 Å². The highest BCUT2D eigenvalue weighted by molar-refractivity contribution is 7.92. The number of sulfone groups is 1. The first-order valence-electron chi connectivity index (χ1n) is 5.53. The average molecular weight is 355 g/mol. The number of halogens is 1. The molecule has 1 fully saturated rings. The van der Waals surface area contributed by atoms with Gasteiger partial charge in [0.25, 0.3) is 10.0 Å². The molecule has 1 aliphatic rings. The first-order valence-corrected chi connectivity index (χ1v) is 9.99. The van der Waals surface area contributed by atoms with Crippen LogP contribution in [0.3, 0.4) is 0 Å². The molecule has 0 bridgehead atoms. The summed E-state index contributed by atoms with van der Waals surface area (Å²) in [7, 11) is -7.09. The summed E-state index contributed by atoms with van der Waals surface area (Å²) in [5.74, 6) is 2.02. The Bertz CT molecular complexity index is 748. The van der Waals surface area contributed by atoms with Crippen molar-refractivity contribution in [1.82, 2.24) is 9.29 Å². The van der Waals surface area contributed by atoms with Crippen molar-refractivity contribution in [3.05, 3.63) is 10.7 Å². The number of hydrogen-bond donors (Lipinski definition) is 0. The number of hydrogen-bond acceptors (Lipinski definition) is 6. The predicted octanol–water partition coefficient (Wildman–Crippen LogP) is 0.608. The van der Waals surface area contributed by atoms with Gasteiger partial charge in [-0.3, -0.25) is 0 Å². The Balaban J connectivity index is 2.37. The van der Waals surface area contributed by atoms with Gasteiger partial charge in [0.15, 0.2) is 18.5 Å². The number of terminal acetylenes is 1. The Morgan fingerprint density at radius 1 is 1.60 bits per heavy atom. The van der Waals surface area contributed by atoms with E-state index >= 15 is 0 Å². The van der Waals surface area contributed by atoms with Crippen LogP contribution in [0.5, 0.6) is 0 Å². The van der Waals surface area contributed by atoms with Crippen molar-refractivity contribution < 1.29 is 16.8 Å². The highest BCUT2D eigenvalue weighted by atomic mass is 35.5. The van der Waals surface area contributed by atoms with Crippen molar-refractivity contribution >= 4 is 42.8 Å². The minimum absolute atomic E-state index is 0.0301. The molecule has 0 amide bonds. The van der Waals surface area contributed by atoms with Crippen LogP contribution in [0.4, 0.5) is 0 Å². The van der Waals surface area contributed by atoms with Crippen molar-refractivity contribution in [2.75, 3.05) is 18.1 Å². The molecule has 1 aromatic heterocycles. The van der Waals surface area contributed by atoms with Crippen LogP contribution in [-0.4, -0.2) is 50.2 Å². The summed E-state index contributed by atoms with van der Waals surface area (Å²) in [6, 6.07) is -0.637. The lowest BCUT2D eigenvalue weighted by molar-refractivity contribution is 0.372. The van der Waals surface area contributed by atoms with E-state index in [2.05, 4.69) is 10.9 Å². The maximum absolute atomic E-state index is 12.5. The van der Waals surface area contributed by atoms with E-state index in [1.54, 1.807) is 0 Å². The summed E-state index contributed by atoms with van der Waals surface area (Å²) < 4.78 is 49.1. The maximum Gasteiger partial charge on any atom is 0.255 e. The number of thiazole rings is 1. The zero-order valence-electron chi connectivity index (χ0n) is 10.2. The van der Waals surface area contributed by atoms with E-state index in [0.717, 1.165) is 21.8 Å². The molecule has 0 aromatic carbocycles. The van der Waals surface area contributed by atoms with Crippen LogP contribution in [-0.2, 0) is 19.9 Å². The molecule has 0 spiro atoms. The summed E-state index contributed by atoms with van der Waals surface area (Å²) in [6.45, 7) is -0.183. The van der Waals surface area contributed by atoms with Gasteiger partial charge in [-0.15, -0.1) is 6.42 Å². The summed E-state index contributed by atoms with van der Waals surface area (Å²) in [5.41, 5.74) is 0. The Morgan fingerprint density at radius 3 is 2.75 bits per heavy atom. The summed E-state index contributed by atoms with van der Waals surface area (Å²) in [4.78, 5) is 3.69. The highest BCUT2D eigenvalue weighted by Gasteiger charge is 2.39. The van der Waals surface area contributed by atoms with Crippen LogP contribution in [0.1, 0.15) is 6.42 Å². The highest BCUT2D eigenvalue weighted by Crippen LogP contribution is 2.29. The SMILES string of the molecule is C#CCN(C1CCS(=O)(=O)C1)S(=O)(=O)c1cnc(Cl)s1. The fourth-order valence-electron chi connectivity index (χ4n) is 1.98. The van der Waals surface area contributed by atoms with Crippen molar-refractivity contribution in [1.29, 1.82) is 0 Å². The molecule has 0 aliphatic carbocycles.